The van der Waals surface area contributed by atoms with Crippen molar-refractivity contribution in [2.45, 2.75) is 12.5 Å². The van der Waals surface area contributed by atoms with Crippen LogP contribution in [0.25, 0.3) is 0 Å². The van der Waals surface area contributed by atoms with Gasteiger partial charge in [-0.15, -0.1) is 0 Å². The molecule has 1 atom stereocenters. The number of hydrogen-bond acceptors (Lipinski definition) is 5. The minimum Gasteiger partial charge on any atom is -0.287 e. The molecule has 2 heterocycles. The molecule has 0 saturated carbocycles. The van der Waals surface area contributed by atoms with Crippen LogP contribution in [0.3, 0.4) is 0 Å². The lowest BCUT2D eigenvalue weighted by atomic mass is 10.2. The van der Waals surface area contributed by atoms with Crippen molar-refractivity contribution in [2.75, 3.05) is 4.90 Å². The fourth-order valence-corrected chi connectivity index (χ4v) is 2.54. The molecule has 1 aliphatic rings. The fraction of sp³-hybridized carbons (Fsp3) is 0.125. The Balaban J connectivity index is 1.69. The van der Waals surface area contributed by atoms with Crippen molar-refractivity contribution in [1.29, 1.82) is 0 Å². The molecule has 1 fully saturated rings. The van der Waals surface area contributed by atoms with Crippen molar-refractivity contribution in [3.63, 3.8) is 0 Å². The third kappa shape index (κ3) is 3.49. The van der Waals surface area contributed by atoms with Crippen molar-refractivity contribution in [2.24, 2.45) is 0 Å². The molecule has 1 aromatic heterocycles. The average Bonchev–Trinajstić information content (AvgIpc) is 2.90. The summed E-state index contributed by atoms with van der Waals surface area (Å²) in [5.74, 6) is -2.17. The van der Waals surface area contributed by atoms with E-state index in [0.29, 0.717) is 5.56 Å². The highest BCUT2D eigenvalue weighted by atomic mass is 35.5. The van der Waals surface area contributed by atoms with Gasteiger partial charge in [0, 0.05) is 18.0 Å². The third-order valence-corrected chi connectivity index (χ3v) is 3.90. The second-order valence-electron chi connectivity index (χ2n) is 5.26. The number of nitrogens with one attached hydrogen (secondary N) is 2. The summed E-state index contributed by atoms with van der Waals surface area (Å²) in [4.78, 5) is 41.2. The van der Waals surface area contributed by atoms with Crippen LogP contribution >= 0.6 is 11.6 Å². The molecule has 0 aliphatic carbocycles. The van der Waals surface area contributed by atoms with Crippen molar-refractivity contribution >= 4 is 35.0 Å². The minimum absolute atomic E-state index is 0.148. The maximum absolute atomic E-state index is 13.2. The topological polar surface area (TPSA) is 91.4 Å². The Bertz CT molecular complexity index is 847. The number of imide groups is 1. The number of aromatic nitrogens is 1. The molecule has 25 heavy (non-hydrogen) atoms. The molecule has 0 spiro atoms. The summed E-state index contributed by atoms with van der Waals surface area (Å²) in [6.45, 7) is 0. The number of carbonyl (C=O) groups excluding carboxylic acids is 3. The zero-order chi connectivity index (χ0) is 18.0. The molecule has 2 aromatic rings. The van der Waals surface area contributed by atoms with E-state index < -0.39 is 29.6 Å². The van der Waals surface area contributed by atoms with E-state index in [0.717, 1.165) is 11.0 Å². The summed E-state index contributed by atoms with van der Waals surface area (Å²) < 4.78 is 13.2. The standard InChI is InChI=1S/C16H12ClFN4O3/c17-11-7-10(1-2-12(11)18)22-14(23)8-13(16(22)25)20-21-15(24)9-3-5-19-6-4-9/h1-7,13,20H,8H2,(H,21,24). The summed E-state index contributed by atoms with van der Waals surface area (Å²) in [7, 11) is 0. The Labute approximate surface area is 146 Å². The largest absolute Gasteiger partial charge is 0.287 e. The van der Waals surface area contributed by atoms with Gasteiger partial charge in [0.05, 0.1) is 17.1 Å². The van der Waals surface area contributed by atoms with E-state index in [2.05, 4.69) is 15.8 Å². The van der Waals surface area contributed by atoms with E-state index in [1.807, 2.05) is 0 Å². The van der Waals surface area contributed by atoms with Crippen LogP contribution in [-0.4, -0.2) is 28.7 Å². The Morgan fingerprint density at radius 1 is 1.24 bits per heavy atom. The van der Waals surface area contributed by atoms with E-state index in [1.54, 1.807) is 0 Å². The summed E-state index contributed by atoms with van der Waals surface area (Å²) in [5, 5.41) is -0.194. The number of halogens is 2. The maximum atomic E-state index is 13.2. The van der Waals surface area contributed by atoms with E-state index in [9.17, 15) is 18.8 Å². The van der Waals surface area contributed by atoms with Gasteiger partial charge >= 0.3 is 0 Å². The Kier molecular flexibility index (Phi) is 4.73. The first kappa shape index (κ1) is 17.0. The predicted octanol–water partition coefficient (Wildman–Crippen LogP) is 1.44. The second kappa shape index (κ2) is 6.96. The summed E-state index contributed by atoms with van der Waals surface area (Å²) in [6.07, 6.45) is 2.77. The van der Waals surface area contributed by atoms with Crippen LogP contribution in [0.4, 0.5) is 10.1 Å². The summed E-state index contributed by atoms with van der Waals surface area (Å²) in [5.41, 5.74) is 5.45. The fourth-order valence-electron chi connectivity index (χ4n) is 2.37. The number of hydrogen-bond donors (Lipinski definition) is 2. The monoisotopic (exact) mass is 362 g/mol. The van der Waals surface area contributed by atoms with Crippen molar-refractivity contribution in [3.8, 4) is 0 Å². The first-order chi connectivity index (χ1) is 12.0. The first-order valence-electron chi connectivity index (χ1n) is 7.25. The molecule has 3 amide bonds. The Morgan fingerprint density at radius 2 is 1.96 bits per heavy atom. The maximum Gasteiger partial charge on any atom is 0.265 e. The number of carbonyl (C=O) groups is 3. The lowest BCUT2D eigenvalue weighted by Gasteiger charge is -2.16. The van der Waals surface area contributed by atoms with Gasteiger partial charge in [0.2, 0.25) is 5.91 Å². The SMILES string of the molecule is O=C(NNC1CC(=O)N(c2ccc(F)c(Cl)c2)C1=O)c1ccncc1. The zero-order valence-corrected chi connectivity index (χ0v) is 13.5. The van der Waals surface area contributed by atoms with Crippen LogP contribution in [0, 0.1) is 5.82 Å². The molecule has 7 nitrogen and oxygen atoms in total. The normalized spacial score (nSPS) is 17.0. The van der Waals surface area contributed by atoms with Crippen molar-refractivity contribution < 1.29 is 18.8 Å². The molecule has 1 aromatic carbocycles. The Morgan fingerprint density at radius 3 is 2.64 bits per heavy atom. The van der Waals surface area contributed by atoms with Crippen LogP contribution in [0.5, 0.6) is 0 Å². The number of pyridine rings is 1. The van der Waals surface area contributed by atoms with Gasteiger partial charge in [0.1, 0.15) is 11.9 Å². The number of amides is 3. The molecular formula is C16H12ClFN4O3. The third-order valence-electron chi connectivity index (χ3n) is 3.61. The predicted molar refractivity (Wildman–Crippen MR) is 87.1 cm³/mol. The lowest BCUT2D eigenvalue weighted by Crippen LogP contribution is -2.48. The van der Waals surface area contributed by atoms with Gasteiger partial charge in [-0.1, -0.05) is 11.6 Å². The van der Waals surface area contributed by atoms with Gasteiger partial charge in [-0.05, 0) is 30.3 Å². The molecule has 1 aliphatic heterocycles. The number of rotatable bonds is 4. The van der Waals surface area contributed by atoms with Gasteiger partial charge in [0.25, 0.3) is 11.8 Å². The lowest BCUT2D eigenvalue weighted by molar-refractivity contribution is -0.121. The molecule has 9 heteroatoms. The number of hydrazine groups is 1. The van der Waals surface area contributed by atoms with Gasteiger partial charge in [0.15, 0.2) is 0 Å². The molecule has 0 bridgehead atoms. The molecule has 1 unspecified atom stereocenters. The highest BCUT2D eigenvalue weighted by Crippen LogP contribution is 2.27. The summed E-state index contributed by atoms with van der Waals surface area (Å²) >= 11 is 5.69. The van der Waals surface area contributed by atoms with Crippen LogP contribution < -0.4 is 15.8 Å². The van der Waals surface area contributed by atoms with Crippen LogP contribution in [0.15, 0.2) is 42.7 Å². The van der Waals surface area contributed by atoms with E-state index >= 15 is 0 Å². The van der Waals surface area contributed by atoms with Crippen LogP contribution in [-0.2, 0) is 9.59 Å². The molecule has 3 rings (SSSR count). The number of nitrogens with zero attached hydrogens (tertiary/aromatic N) is 2. The van der Waals surface area contributed by atoms with E-state index in [1.165, 1.54) is 36.7 Å². The molecule has 2 N–H and O–H groups in total. The second-order valence-corrected chi connectivity index (χ2v) is 5.66. The van der Waals surface area contributed by atoms with E-state index in [-0.39, 0.29) is 17.1 Å². The van der Waals surface area contributed by atoms with Gasteiger partial charge in [-0.3, -0.25) is 24.8 Å². The number of anilines is 1. The van der Waals surface area contributed by atoms with Gasteiger partial charge < -0.3 is 0 Å². The Hall–Kier alpha value is -2.84. The highest BCUT2D eigenvalue weighted by molar-refractivity contribution is 6.31. The van der Waals surface area contributed by atoms with Gasteiger partial charge in [-0.2, -0.15) is 0 Å². The average molecular weight is 363 g/mol. The molecule has 128 valence electrons. The smallest absolute Gasteiger partial charge is 0.265 e. The van der Waals surface area contributed by atoms with Gasteiger partial charge in [-0.25, -0.2) is 14.7 Å². The summed E-state index contributed by atoms with van der Waals surface area (Å²) in [6, 6.07) is 5.64. The molecule has 1 saturated heterocycles. The minimum atomic E-state index is -0.929. The number of benzene rings is 1. The van der Waals surface area contributed by atoms with Crippen molar-refractivity contribution in [1.82, 2.24) is 15.8 Å². The van der Waals surface area contributed by atoms with Crippen LogP contribution in [0.2, 0.25) is 5.02 Å². The zero-order valence-electron chi connectivity index (χ0n) is 12.7. The molecular weight excluding hydrogens is 351 g/mol. The van der Waals surface area contributed by atoms with Crippen molar-refractivity contribution in [3.05, 3.63) is 59.1 Å². The van der Waals surface area contributed by atoms with E-state index in [4.69, 9.17) is 11.6 Å². The van der Waals surface area contributed by atoms with Crippen LogP contribution in [0.1, 0.15) is 16.8 Å². The molecule has 0 radical (unpaired) electrons. The highest BCUT2D eigenvalue weighted by Gasteiger charge is 2.40. The first-order valence-corrected chi connectivity index (χ1v) is 7.63. The quantitative estimate of drug-likeness (QED) is 0.634.